The quantitative estimate of drug-likeness (QED) is 0.395. The fourth-order valence-corrected chi connectivity index (χ4v) is 3.02. The monoisotopic (exact) mass is 392 g/mol. The summed E-state index contributed by atoms with van der Waals surface area (Å²) in [6.45, 7) is 0. The number of nitrogens with one attached hydrogen (secondary N) is 2. The van der Waals surface area contributed by atoms with Crippen molar-refractivity contribution in [3.8, 4) is 5.82 Å². The molecule has 0 aliphatic heterocycles. The lowest BCUT2D eigenvalue weighted by Crippen LogP contribution is -2.47. The van der Waals surface area contributed by atoms with Gasteiger partial charge in [0.15, 0.2) is 11.4 Å². The second kappa shape index (κ2) is 7.43. The van der Waals surface area contributed by atoms with E-state index in [1.807, 2.05) is 0 Å². The molecule has 0 bridgehead atoms. The number of Topliss-reactive ketones (excluding diaryl/α,β-unsaturated/α-hetero) is 1. The highest BCUT2D eigenvalue weighted by Gasteiger charge is 2.28. The van der Waals surface area contributed by atoms with Gasteiger partial charge in [-0.3, -0.25) is 14.4 Å². The van der Waals surface area contributed by atoms with E-state index in [0.717, 1.165) is 5.39 Å². The van der Waals surface area contributed by atoms with Crippen molar-refractivity contribution in [1.29, 1.82) is 0 Å². The van der Waals surface area contributed by atoms with Gasteiger partial charge < -0.3 is 20.5 Å². The van der Waals surface area contributed by atoms with E-state index in [0.29, 0.717) is 17.0 Å². The van der Waals surface area contributed by atoms with Crippen LogP contribution in [0.4, 0.5) is 0 Å². The van der Waals surface area contributed by atoms with E-state index in [4.69, 9.17) is 10.2 Å². The average molecular weight is 392 g/mol. The third-order valence-corrected chi connectivity index (χ3v) is 4.41. The van der Waals surface area contributed by atoms with Crippen LogP contribution in [0.15, 0.2) is 59.7 Å². The molecule has 4 rings (SSSR count). The van der Waals surface area contributed by atoms with E-state index in [-0.39, 0.29) is 12.1 Å². The van der Waals surface area contributed by atoms with Gasteiger partial charge >= 0.3 is 0 Å². The van der Waals surface area contributed by atoms with Gasteiger partial charge in [0.05, 0.1) is 12.5 Å². The first-order chi connectivity index (χ1) is 14.0. The molecule has 0 aliphatic rings. The molecule has 10 heteroatoms. The molecular weight excluding hydrogens is 376 g/mol. The number of carbonyl (C=O) groups excluding carboxylic acids is 3. The number of nitrogens with zero attached hydrogens (tertiary/aromatic N) is 3. The number of pyridine rings is 1. The van der Waals surface area contributed by atoms with Crippen LogP contribution in [0.25, 0.3) is 16.8 Å². The molecule has 0 aliphatic carbocycles. The van der Waals surface area contributed by atoms with Crippen molar-refractivity contribution in [2.24, 2.45) is 5.73 Å². The molecule has 4 heterocycles. The van der Waals surface area contributed by atoms with Crippen molar-refractivity contribution in [1.82, 2.24) is 25.1 Å². The van der Waals surface area contributed by atoms with Gasteiger partial charge in [0.1, 0.15) is 11.7 Å². The van der Waals surface area contributed by atoms with Crippen LogP contribution in [0.3, 0.4) is 0 Å². The normalized spacial score (nSPS) is 12.0. The highest BCUT2D eigenvalue weighted by molar-refractivity contribution is 6.38. The number of ketones is 1. The van der Waals surface area contributed by atoms with Crippen molar-refractivity contribution in [3.05, 3.63) is 66.6 Å². The Labute approximate surface area is 163 Å². The Morgan fingerprint density at radius 3 is 2.83 bits per heavy atom. The van der Waals surface area contributed by atoms with Gasteiger partial charge in [0.2, 0.25) is 5.78 Å². The minimum Gasteiger partial charge on any atom is -0.462 e. The topological polar surface area (TPSA) is 149 Å². The molecule has 0 radical (unpaired) electrons. The molecule has 0 spiro atoms. The number of H-pyrrole nitrogens is 1. The van der Waals surface area contributed by atoms with Gasteiger partial charge in [-0.2, -0.15) is 5.10 Å². The second-order valence-electron chi connectivity index (χ2n) is 6.27. The molecule has 2 amide bonds. The molecule has 4 N–H and O–H groups in total. The van der Waals surface area contributed by atoms with Crippen LogP contribution in [0.1, 0.15) is 16.1 Å². The molecule has 1 unspecified atom stereocenters. The highest BCUT2D eigenvalue weighted by atomic mass is 16.3. The predicted molar refractivity (Wildman–Crippen MR) is 101 cm³/mol. The van der Waals surface area contributed by atoms with E-state index < -0.39 is 23.6 Å². The second-order valence-corrected chi connectivity index (χ2v) is 6.27. The summed E-state index contributed by atoms with van der Waals surface area (Å²) < 4.78 is 6.73. The van der Waals surface area contributed by atoms with Crippen molar-refractivity contribution >= 4 is 28.6 Å². The number of rotatable bonds is 7. The van der Waals surface area contributed by atoms with Crippen molar-refractivity contribution in [3.63, 3.8) is 0 Å². The Bertz CT molecular complexity index is 1190. The lowest BCUT2D eigenvalue weighted by Gasteiger charge is -2.16. The van der Waals surface area contributed by atoms with Gasteiger partial charge in [-0.25, -0.2) is 9.67 Å². The summed E-state index contributed by atoms with van der Waals surface area (Å²) in [6.07, 6.45) is 7.89. The average Bonchev–Trinajstić information content (AvgIpc) is 3.45. The molecule has 0 saturated carbocycles. The van der Waals surface area contributed by atoms with Crippen LogP contribution in [-0.4, -0.2) is 43.4 Å². The number of furan rings is 1. The number of amides is 2. The maximum Gasteiger partial charge on any atom is 0.287 e. The molecule has 0 fully saturated rings. The summed E-state index contributed by atoms with van der Waals surface area (Å²) in [5, 5.41) is 7.43. The zero-order chi connectivity index (χ0) is 20.4. The number of nitrogens with two attached hydrogens (primary N) is 1. The van der Waals surface area contributed by atoms with Crippen LogP contribution in [0.2, 0.25) is 0 Å². The number of hydrogen-bond donors (Lipinski definition) is 3. The lowest BCUT2D eigenvalue weighted by molar-refractivity contribution is -0.137. The van der Waals surface area contributed by atoms with E-state index in [2.05, 4.69) is 20.4 Å². The highest BCUT2D eigenvalue weighted by Crippen LogP contribution is 2.22. The molecule has 0 aromatic carbocycles. The zero-order valence-electron chi connectivity index (χ0n) is 15.0. The summed E-state index contributed by atoms with van der Waals surface area (Å²) >= 11 is 0. The zero-order valence-corrected chi connectivity index (χ0v) is 15.0. The van der Waals surface area contributed by atoms with Gasteiger partial charge in [-0.05, 0) is 18.2 Å². The number of carbonyl (C=O) groups is 3. The standard InChI is InChI=1S/C19H16N6O4/c20-18(27)17(26)13(7-11-10-29-15-9-21-8-12(11)15)24-19(28)14-4-6-23-25(14)16-3-1-2-5-22-16/h1-6,8-10,13,21H,7H2,(H2,20,27)(H,24,28). The van der Waals surface area contributed by atoms with Crippen molar-refractivity contribution in [2.45, 2.75) is 12.5 Å². The molecule has 0 saturated heterocycles. The Kier molecular flexibility index (Phi) is 4.65. The fraction of sp³-hybridized carbons (Fsp3) is 0.105. The molecule has 10 nitrogen and oxygen atoms in total. The first-order valence-corrected chi connectivity index (χ1v) is 8.67. The van der Waals surface area contributed by atoms with Crippen LogP contribution in [0, 0.1) is 0 Å². The number of primary amides is 1. The number of hydrogen-bond acceptors (Lipinski definition) is 6. The molecule has 4 aromatic heterocycles. The predicted octanol–water partition coefficient (Wildman–Crippen LogP) is 0.737. The van der Waals surface area contributed by atoms with Gasteiger partial charge in [-0.1, -0.05) is 6.07 Å². The third kappa shape index (κ3) is 3.50. The van der Waals surface area contributed by atoms with Gasteiger partial charge in [-0.15, -0.1) is 0 Å². The summed E-state index contributed by atoms with van der Waals surface area (Å²) in [7, 11) is 0. The lowest BCUT2D eigenvalue weighted by atomic mass is 10.0. The first kappa shape index (κ1) is 18.2. The smallest absolute Gasteiger partial charge is 0.287 e. The van der Waals surface area contributed by atoms with E-state index in [1.54, 1.807) is 36.8 Å². The molecule has 1 atom stereocenters. The van der Waals surface area contributed by atoms with E-state index in [1.165, 1.54) is 23.2 Å². The Morgan fingerprint density at radius 2 is 2.07 bits per heavy atom. The SMILES string of the molecule is NC(=O)C(=O)C(Cc1coc2c[nH]cc12)NC(=O)c1ccnn1-c1ccccn1. The fourth-order valence-electron chi connectivity index (χ4n) is 3.02. The largest absolute Gasteiger partial charge is 0.462 e. The van der Waals surface area contributed by atoms with E-state index >= 15 is 0 Å². The third-order valence-electron chi connectivity index (χ3n) is 4.41. The number of fused-ring (bicyclic) bond motifs is 1. The van der Waals surface area contributed by atoms with Gasteiger partial charge in [0.25, 0.3) is 11.8 Å². The van der Waals surface area contributed by atoms with Crippen LogP contribution in [-0.2, 0) is 16.0 Å². The maximum atomic E-state index is 12.8. The summed E-state index contributed by atoms with van der Waals surface area (Å²) in [4.78, 5) is 43.7. The van der Waals surface area contributed by atoms with Crippen molar-refractivity contribution < 1.29 is 18.8 Å². The number of aromatic amines is 1. The molecule has 29 heavy (non-hydrogen) atoms. The molecule has 4 aromatic rings. The van der Waals surface area contributed by atoms with Crippen LogP contribution in [0.5, 0.6) is 0 Å². The Morgan fingerprint density at radius 1 is 1.21 bits per heavy atom. The Hall–Kier alpha value is -4.21. The van der Waals surface area contributed by atoms with Crippen LogP contribution >= 0.6 is 0 Å². The van der Waals surface area contributed by atoms with E-state index in [9.17, 15) is 14.4 Å². The number of aromatic nitrogens is 4. The summed E-state index contributed by atoms with van der Waals surface area (Å²) in [6, 6.07) is 5.50. The molecule has 146 valence electrons. The minimum atomic E-state index is -1.16. The Balaban J connectivity index is 1.61. The minimum absolute atomic E-state index is 0.0378. The van der Waals surface area contributed by atoms with Crippen LogP contribution < -0.4 is 11.1 Å². The maximum absolute atomic E-state index is 12.8. The molecular formula is C19H16N6O4. The summed E-state index contributed by atoms with van der Waals surface area (Å²) in [5.74, 6) is -2.21. The summed E-state index contributed by atoms with van der Waals surface area (Å²) in [5.41, 5.74) is 6.59. The van der Waals surface area contributed by atoms with Crippen molar-refractivity contribution in [2.75, 3.05) is 0 Å². The first-order valence-electron chi connectivity index (χ1n) is 8.67. The van der Waals surface area contributed by atoms with Gasteiger partial charge in [0, 0.05) is 36.0 Å².